The van der Waals surface area contributed by atoms with Crippen LogP contribution in [0.4, 0.5) is 0 Å². The number of allylic oxidation sites excluding steroid dienone is 2. The number of fused-ring (bicyclic) bond motifs is 3. The molecule has 1 aromatic carbocycles. The lowest BCUT2D eigenvalue weighted by atomic mass is 9.67. The highest BCUT2D eigenvalue weighted by Crippen LogP contribution is 2.54. The highest BCUT2D eigenvalue weighted by molar-refractivity contribution is 7.46. The molecule has 0 fully saturated rings. The fourth-order valence-corrected chi connectivity index (χ4v) is 4.97. The van der Waals surface area contributed by atoms with Crippen molar-refractivity contribution in [2.24, 2.45) is 5.92 Å². The van der Waals surface area contributed by atoms with Crippen molar-refractivity contribution in [3.8, 4) is 11.5 Å². The van der Waals surface area contributed by atoms with E-state index in [0.29, 0.717) is 5.75 Å². The van der Waals surface area contributed by atoms with Crippen molar-refractivity contribution in [3.63, 3.8) is 0 Å². The van der Waals surface area contributed by atoms with Gasteiger partial charge >= 0.3 is 13.8 Å². The highest BCUT2D eigenvalue weighted by Gasteiger charge is 2.46. The molecule has 0 unspecified atom stereocenters. The van der Waals surface area contributed by atoms with Crippen LogP contribution in [0.25, 0.3) is 0 Å². The number of carbonyl (C=O) groups excluding carboxylic acids is 1. The molecule has 2 aliphatic rings. The van der Waals surface area contributed by atoms with Gasteiger partial charge in [0.2, 0.25) is 0 Å². The maximum absolute atomic E-state index is 12.3. The monoisotopic (exact) mass is 452 g/mol. The van der Waals surface area contributed by atoms with Crippen LogP contribution in [0.5, 0.6) is 11.5 Å². The zero-order chi connectivity index (χ0) is 22.8. The number of ether oxygens (including phenoxy) is 2. The summed E-state index contributed by atoms with van der Waals surface area (Å²) < 4.78 is 27.3. The summed E-state index contributed by atoms with van der Waals surface area (Å²) in [5, 5.41) is 0. The van der Waals surface area contributed by atoms with Gasteiger partial charge in [0, 0.05) is 17.4 Å². The molecule has 172 valence electrons. The Morgan fingerprint density at radius 2 is 2.03 bits per heavy atom. The molecule has 0 saturated carbocycles. The Balaban J connectivity index is 1.98. The summed E-state index contributed by atoms with van der Waals surface area (Å²) in [6.45, 7) is 7.64. The van der Waals surface area contributed by atoms with Gasteiger partial charge in [0.15, 0.2) is 6.61 Å². The van der Waals surface area contributed by atoms with E-state index >= 15 is 0 Å². The Kier molecular flexibility index (Phi) is 7.32. The number of carbonyl (C=O) groups is 1. The molecule has 0 aromatic heterocycles. The van der Waals surface area contributed by atoms with Gasteiger partial charge in [-0.2, -0.15) is 0 Å². The molecule has 1 heterocycles. The first kappa shape index (κ1) is 24.0. The third kappa shape index (κ3) is 5.98. The summed E-state index contributed by atoms with van der Waals surface area (Å²) in [4.78, 5) is 30.1. The van der Waals surface area contributed by atoms with E-state index in [1.54, 1.807) is 0 Å². The molecular weight excluding hydrogens is 419 g/mol. The standard InChI is InChI=1S/C23H33O7P/c1-5-6-7-8-16-12-19(29-21(24)14-28-31(25,26)27)22-17-11-15(2)9-10-18(17)23(3,4)30-20(22)13-16/h9,12-13,17-18H,5-8,10-11,14H2,1-4H3,(H2,25,26,27)/t17-,18-/m1/s1. The van der Waals surface area contributed by atoms with Crippen LogP contribution < -0.4 is 9.47 Å². The number of aryl methyl sites for hydroxylation is 1. The van der Waals surface area contributed by atoms with E-state index in [1.807, 2.05) is 6.07 Å². The van der Waals surface area contributed by atoms with Crippen molar-refractivity contribution in [1.29, 1.82) is 0 Å². The predicted octanol–water partition coefficient (Wildman–Crippen LogP) is 5.04. The zero-order valence-electron chi connectivity index (χ0n) is 18.7. The number of esters is 1. The maximum atomic E-state index is 12.3. The molecule has 7 nitrogen and oxygen atoms in total. The Bertz CT molecular complexity index is 899. The molecule has 31 heavy (non-hydrogen) atoms. The van der Waals surface area contributed by atoms with Gasteiger partial charge in [0.1, 0.15) is 17.1 Å². The number of phosphoric ester groups is 1. The van der Waals surface area contributed by atoms with E-state index in [2.05, 4.69) is 44.4 Å². The summed E-state index contributed by atoms with van der Waals surface area (Å²) in [5.41, 5.74) is 2.81. The Morgan fingerprint density at radius 3 is 2.71 bits per heavy atom. The topological polar surface area (TPSA) is 102 Å². The maximum Gasteiger partial charge on any atom is 0.470 e. The average molecular weight is 452 g/mol. The fraction of sp³-hybridized carbons (Fsp3) is 0.609. The van der Waals surface area contributed by atoms with Crippen molar-refractivity contribution < 1.29 is 33.1 Å². The van der Waals surface area contributed by atoms with Crippen LogP contribution in [0.2, 0.25) is 0 Å². The van der Waals surface area contributed by atoms with E-state index < -0.39 is 20.4 Å². The third-order valence-electron chi connectivity index (χ3n) is 6.19. The van der Waals surface area contributed by atoms with Crippen molar-refractivity contribution in [2.75, 3.05) is 6.61 Å². The molecule has 0 spiro atoms. The first-order valence-electron chi connectivity index (χ1n) is 10.9. The first-order valence-corrected chi connectivity index (χ1v) is 12.5. The molecule has 8 heteroatoms. The Morgan fingerprint density at radius 1 is 1.29 bits per heavy atom. The summed E-state index contributed by atoms with van der Waals surface area (Å²) in [6, 6.07) is 3.93. The van der Waals surface area contributed by atoms with E-state index in [9.17, 15) is 9.36 Å². The van der Waals surface area contributed by atoms with Gasteiger partial charge < -0.3 is 19.3 Å². The Labute approximate surface area is 184 Å². The SMILES string of the molecule is CCCCCc1cc(OC(=O)COP(=O)(O)O)c2c(c1)OC(C)(C)[C@@H]1CC=C(C)C[C@@H]21. The van der Waals surface area contributed by atoms with Crippen molar-refractivity contribution >= 4 is 13.8 Å². The highest BCUT2D eigenvalue weighted by atomic mass is 31.2. The van der Waals surface area contributed by atoms with Crippen molar-refractivity contribution in [1.82, 2.24) is 0 Å². The molecule has 2 N–H and O–H groups in total. The van der Waals surface area contributed by atoms with Crippen molar-refractivity contribution in [2.45, 2.75) is 77.7 Å². The molecule has 1 aliphatic heterocycles. The molecule has 1 aromatic rings. The minimum Gasteiger partial charge on any atom is -0.487 e. The van der Waals surface area contributed by atoms with E-state index in [-0.39, 0.29) is 17.4 Å². The summed E-state index contributed by atoms with van der Waals surface area (Å²) >= 11 is 0. The number of hydrogen-bond donors (Lipinski definition) is 2. The van der Waals surface area contributed by atoms with Gasteiger partial charge in [0.05, 0.1) is 0 Å². The summed E-state index contributed by atoms with van der Waals surface area (Å²) in [7, 11) is -4.76. The number of hydrogen-bond acceptors (Lipinski definition) is 5. The third-order valence-corrected chi connectivity index (χ3v) is 6.66. The second-order valence-electron chi connectivity index (χ2n) is 9.11. The first-order chi connectivity index (χ1) is 14.5. The molecule has 1 aliphatic carbocycles. The Hall–Kier alpha value is -1.66. The van der Waals surface area contributed by atoms with Gasteiger partial charge in [-0.3, -0.25) is 4.52 Å². The molecule has 0 bridgehead atoms. The van der Waals surface area contributed by atoms with E-state index in [1.165, 1.54) is 5.57 Å². The van der Waals surface area contributed by atoms with Crippen LogP contribution in [0.3, 0.4) is 0 Å². The molecule has 0 saturated heterocycles. The second kappa shape index (κ2) is 9.45. The number of benzene rings is 1. The average Bonchev–Trinajstić information content (AvgIpc) is 2.65. The predicted molar refractivity (Wildman–Crippen MR) is 117 cm³/mol. The van der Waals surface area contributed by atoms with Crippen LogP contribution in [-0.2, 0) is 20.3 Å². The smallest absolute Gasteiger partial charge is 0.470 e. The second-order valence-corrected chi connectivity index (χ2v) is 10.3. The van der Waals surface area contributed by atoms with Gasteiger partial charge in [-0.05, 0) is 64.2 Å². The normalized spacial score (nSPS) is 22.1. The molecule has 3 rings (SSSR count). The van der Waals surface area contributed by atoms with Gasteiger partial charge in [-0.1, -0.05) is 31.4 Å². The molecule has 0 amide bonds. The minimum atomic E-state index is -4.76. The minimum absolute atomic E-state index is 0.138. The van der Waals surface area contributed by atoms with Crippen LogP contribution in [0, 0.1) is 5.92 Å². The lowest BCUT2D eigenvalue weighted by molar-refractivity contribution is -0.137. The van der Waals surface area contributed by atoms with Gasteiger partial charge in [-0.25, -0.2) is 9.36 Å². The van der Waals surface area contributed by atoms with Gasteiger partial charge in [-0.15, -0.1) is 0 Å². The molecule has 2 atom stereocenters. The van der Waals surface area contributed by atoms with E-state index in [0.717, 1.165) is 55.4 Å². The van der Waals surface area contributed by atoms with Crippen LogP contribution in [0.1, 0.15) is 76.8 Å². The lowest BCUT2D eigenvalue weighted by Gasteiger charge is -2.47. The lowest BCUT2D eigenvalue weighted by Crippen LogP contribution is -2.45. The summed E-state index contributed by atoms with van der Waals surface area (Å²) in [5.74, 6) is 0.662. The van der Waals surface area contributed by atoms with Crippen LogP contribution in [0.15, 0.2) is 23.8 Å². The number of rotatable bonds is 8. The largest absolute Gasteiger partial charge is 0.487 e. The number of phosphoric acid groups is 1. The molecular formula is C23H33O7P. The molecule has 0 radical (unpaired) electrons. The van der Waals surface area contributed by atoms with Crippen LogP contribution in [-0.4, -0.2) is 28.0 Å². The summed E-state index contributed by atoms with van der Waals surface area (Å²) in [6.07, 6.45) is 8.03. The zero-order valence-corrected chi connectivity index (χ0v) is 19.6. The van der Waals surface area contributed by atoms with E-state index in [4.69, 9.17) is 19.3 Å². The van der Waals surface area contributed by atoms with Crippen LogP contribution >= 0.6 is 7.82 Å². The number of unbranched alkanes of at least 4 members (excludes halogenated alkanes) is 2. The van der Waals surface area contributed by atoms with Crippen molar-refractivity contribution in [3.05, 3.63) is 34.9 Å². The fourth-order valence-electron chi connectivity index (χ4n) is 4.70. The quantitative estimate of drug-likeness (QED) is 0.187. The van der Waals surface area contributed by atoms with Gasteiger partial charge in [0.25, 0.3) is 0 Å².